The molecule has 0 amide bonds. The second kappa shape index (κ2) is 36.2. The van der Waals surface area contributed by atoms with Crippen LogP contribution in [0.15, 0.2) is 0 Å². The summed E-state index contributed by atoms with van der Waals surface area (Å²) in [6.45, 7) is 5.14. The van der Waals surface area contributed by atoms with Crippen molar-refractivity contribution in [1.29, 1.82) is 0 Å². The van der Waals surface area contributed by atoms with Gasteiger partial charge in [-0.05, 0) is 12.8 Å². The van der Waals surface area contributed by atoms with Crippen LogP contribution in [0.1, 0.15) is 145 Å². The van der Waals surface area contributed by atoms with Crippen LogP contribution in [0.5, 0.6) is 0 Å². The standard InChI is InChI=1S/C24H51O4P.2Na.2H2O.2H/c1-3-5-7-9-11-13-15-17-19-21-23-27-29(25,26)28-24-22-20-18-16-14-12-10-8-6-4-2;;;;;;/h3-24H2,1-2H3,(H,25,26);;;2*1H2;;/q;2*+1;;;2*-1. The fourth-order valence-corrected chi connectivity index (χ4v) is 4.37. The van der Waals surface area contributed by atoms with E-state index in [2.05, 4.69) is 13.8 Å². The second-order valence-electron chi connectivity index (χ2n) is 8.50. The van der Waals surface area contributed by atoms with Crippen LogP contribution in [0.2, 0.25) is 0 Å². The van der Waals surface area contributed by atoms with Gasteiger partial charge in [0.2, 0.25) is 0 Å². The van der Waals surface area contributed by atoms with E-state index >= 15 is 0 Å². The third kappa shape index (κ3) is 38.7. The van der Waals surface area contributed by atoms with Crippen LogP contribution < -0.4 is 59.1 Å². The van der Waals surface area contributed by atoms with Gasteiger partial charge in [0.05, 0.1) is 13.2 Å². The zero-order chi connectivity index (χ0) is 21.5. The Kier molecular flexibility index (Phi) is 49.3. The van der Waals surface area contributed by atoms with Gasteiger partial charge in [-0.2, -0.15) is 0 Å². The second-order valence-corrected chi connectivity index (χ2v) is 9.95. The van der Waals surface area contributed by atoms with E-state index in [4.69, 9.17) is 9.05 Å². The van der Waals surface area contributed by atoms with E-state index in [0.717, 1.165) is 25.7 Å². The zero-order valence-corrected chi connectivity index (χ0v) is 27.6. The maximum Gasteiger partial charge on any atom is 1.00 e. The van der Waals surface area contributed by atoms with E-state index in [1.54, 1.807) is 0 Å². The molecular weight excluding hydrogens is 461 g/mol. The minimum Gasteiger partial charge on any atom is -1.00 e. The minimum absolute atomic E-state index is 0. The van der Waals surface area contributed by atoms with Crippen molar-refractivity contribution in [2.45, 2.75) is 142 Å². The van der Waals surface area contributed by atoms with Gasteiger partial charge >= 0.3 is 66.9 Å². The summed E-state index contributed by atoms with van der Waals surface area (Å²) in [7, 11) is -3.85. The molecule has 0 aromatic carbocycles. The summed E-state index contributed by atoms with van der Waals surface area (Å²) in [6, 6.07) is 0. The molecule has 0 heterocycles. The van der Waals surface area contributed by atoms with Crippen LogP contribution >= 0.6 is 7.82 Å². The van der Waals surface area contributed by atoms with E-state index in [-0.39, 0.29) is 72.9 Å². The van der Waals surface area contributed by atoms with Gasteiger partial charge in [0.25, 0.3) is 0 Å². The molecule has 0 aromatic rings. The number of phosphoric ester groups is 1. The topological polar surface area (TPSA) is 119 Å². The van der Waals surface area contributed by atoms with E-state index in [1.165, 1.54) is 103 Å². The summed E-state index contributed by atoms with van der Waals surface area (Å²) in [5, 5.41) is 0. The zero-order valence-electron chi connectivity index (χ0n) is 24.7. The van der Waals surface area contributed by atoms with E-state index in [1.807, 2.05) is 0 Å². The first-order valence-corrected chi connectivity index (χ1v) is 14.2. The molecule has 0 fully saturated rings. The molecule has 9 heteroatoms. The third-order valence-corrected chi connectivity index (χ3v) is 6.52. The van der Waals surface area contributed by atoms with Crippen molar-refractivity contribution in [3.05, 3.63) is 0 Å². The van der Waals surface area contributed by atoms with Crippen LogP contribution in [0.4, 0.5) is 0 Å². The molecular formula is C24H57Na2O6P. The molecule has 5 N–H and O–H groups in total. The maximum absolute atomic E-state index is 11.8. The summed E-state index contributed by atoms with van der Waals surface area (Å²) in [6.07, 6.45) is 24.8. The molecule has 0 saturated carbocycles. The van der Waals surface area contributed by atoms with Gasteiger partial charge in [0.1, 0.15) is 0 Å². The molecule has 0 aromatic heterocycles. The van der Waals surface area contributed by atoms with Gasteiger partial charge in [-0.25, -0.2) is 4.57 Å². The Bertz CT molecular complexity index is 360. The van der Waals surface area contributed by atoms with Crippen molar-refractivity contribution < 1.29 is 91.4 Å². The van der Waals surface area contributed by atoms with Crippen LogP contribution in [0, 0.1) is 0 Å². The van der Waals surface area contributed by atoms with Gasteiger partial charge in [-0.15, -0.1) is 0 Å². The van der Waals surface area contributed by atoms with Crippen LogP contribution in [-0.2, 0) is 13.6 Å². The van der Waals surface area contributed by atoms with E-state index < -0.39 is 7.82 Å². The van der Waals surface area contributed by atoms with Crippen LogP contribution in [0.3, 0.4) is 0 Å². The number of hydrogen-bond acceptors (Lipinski definition) is 3. The molecule has 0 rings (SSSR count). The average molecular weight is 519 g/mol. The molecule has 196 valence electrons. The van der Waals surface area contributed by atoms with Crippen molar-refractivity contribution in [1.82, 2.24) is 0 Å². The molecule has 6 nitrogen and oxygen atoms in total. The van der Waals surface area contributed by atoms with E-state index in [0.29, 0.717) is 13.2 Å². The third-order valence-electron chi connectivity index (χ3n) is 5.50. The Labute approximate surface area is 252 Å². The first kappa shape index (κ1) is 45.0. The number of phosphoric acid groups is 1. The Balaban J connectivity index is -0.000000261. The number of rotatable bonds is 24. The molecule has 0 aliphatic heterocycles. The molecule has 0 aliphatic rings. The molecule has 0 saturated heterocycles. The maximum atomic E-state index is 11.8. The first-order chi connectivity index (χ1) is 14.1. The average Bonchev–Trinajstić information content (AvgIpc) is 2.70. The SMILES string of the molecule is CCCCCCCCCCCCOP(=O)(O)OCCCCCCCCCCCC.O.O.[H-].[H-].[Na+].[Na+]. The Morgan fingerprint density at radius 2 is 0.727 bits per heavy atom. The fourth-order valence-electron chi connectivity index (χ4n) is 3.58. The molecule has 0 bridgehead atoms. The molecule has 0 atom stereocenters. The summed E-state index contributed by atoms with van der Waals surface area (Å²) in [5.41, 5.74) is 0. The fraction of sp³-hybridized carbons (Fsp3) is 1.00. The van der Waals surface area contributed by atoms with Crippen molar-refractivity contribution in [3.8, 4) is 0 Å². The molecule has 0 spiro atoms. The quantitative estimate of drug-likeness (QED) is 0.118. The van der Waals surface area contributed by atoms with Crippen molar-refractivity contribution in [3.63, 3.8) is 0 Å². The molecule has 33 heavy (non-hydrogen) atoms. The molecule has 0 unspecified atom stereocenters. The van der Waals surface area contributed by atoms with Gasteiger partial charge in [0.15, 0.2) is 0 Å². The first-order valence-electron chi connectivity index (χ1n) is 12.7. The summed E-state index contributed by atoms with van der Waals surface area (Å²) in [5.74, 6) is 0. The number of hydrogen-bond donors (Lipinski definition) is 1. The Hall–Kier alpha value is 2.03. The smallest absolute Gasteiger partial charge is 1.00 e. The largest absolute Gasteiger partial charge is 1.00 e. The van der Waals surface area contributed by atoms with Crippen LogP contribution in [-0.4, -0.2) is 29.1 Å². The normalized spacial score (nSPS) is 10.5. The van der Waals surface area contributed by atoms with Crippen molar-refractivity contribution in [2.24, 2.45) is 0 Å². The Morgan fingerprint density at radius 1 is 0.515 bits per heavy atom. The Morgan fingerprint density at radius 3 is 0.970 bits per heavy atom. The van der Waals surface area contributed by atoms with Gasteiger partial charge < -0.3 is 18.7 Å². The molecule has 0 radical (unpaired) electrons. The number of unbranched alkanes of at least 4 members (excludes halogenated alkanes) is 18. The van der Waals surface area contributed by atoms with Gasteiger partial charge in [0, 0.05) is 0 Å². The van der Waals surface area contributed by atoms with Crippen molar-refractivity contribution in [2.75, 3.05) is 13.2 Å². The molecule has 0 aliphatic carbocycles. The van der Waals surface area contributed by atoms with Crippen molar-refractivity contribution >= 4 is 7.82 Å². The summed E-state index contributed by atoms with van der Waals surface area (Å²) >= 11 is 0. The summed E-state index contributed by atoms with van der Waals surface area (Å²) < 4.78 is 22.0. The monoisotopic (exact) mass is 518 g/mol. The predicted molar refractivity (Wildman–Crippen MR) is 135 cm³/mol. The predicted octanol–water partition coefficient (Wildman–Crippen LogP) is 1.55. The van der Waals surface area contributed by atoms with Gasteiger partial charge in [-0.3, -0.25) is 9.05 Å². The van der Waals surface area contributed by atoms with Crippen LogP contribution in [0.25, 0.3) is 0 Å². The minimum atomic E-state index is -3.85. The summed E-state index contributed by atoms with van der Waals surface area (Å²) in [4.78, 5) is 9.71. The van der Waals surface area contributed by atoms with E-state index in [9.17, 15) is 9.46 Å². The van der Waals surface area contributed by atoms with Gasteiger partial charge in [-0.1, -0.05) is 129 Å².